The second kappa shape index (κ2) is 8.72. The Bertz CT molecular complexity index is 891. The molecule has 2 aromatic rings. The van der Waals surface area contributed by atoms with Crippen LogP contribution in [0.25, 0.3) is 0 Å². The van der Waals surface area contributed by atoms with E-state index in [4.69, 9.17) is 0 Å². The summed E-state index contributed by atoms with van der Waals surface area (Å²) in [6, 6.07) is 11.7. The quantitative estimate of drug-likeness (QED) is 0.811. The Hall–Kier alpha value is -1.76. The van der Waals surface area contributed by atoms with Gasteiger partial charge in [-0.05, 0) is 92.9 Å². The first-order valence-electron chi connectivity index (χ1n) is 10.3. The molecule has 4 rings (SSSR count). The summed E-state index contributed by atoms with van der Waals surface area (Å²) in [5.74, 6) is 0.396. The third-order valence-electron chi connectivity index (χ3n) is 6.01. The number of aromatic nitrogens is 1. The summed E-state index contributed by atoms with van der Waals surface area (Å²) in [6.07, 6.45) is 8.28. The predicted molar refractivity (Wildman–Crippen MR) is 111 cm³/mol. The zero-order chi connectivity index (χ0) is 19.4. The van der Waals surface area contributed by atoms with Gasteiger partial charge in [-0.3, -0.25) is 9.88 Å². The molecule has 0 atom stereocenters. The average Bonchev–Trinajstić information content (AvgIpc) is 2.74. The lowest BCUT2D eigenvalue weighted by Gasteiger charge is -2.31. The van der Waals surface area contributed by atoms with Crippen molar-refractivity contribution in [1.82, 2.24) is 14.6 Å². The van der Waals surface area contributed by atoms with Crippen molar-refractivity contribution in [3.63, 3.8) is 0 Å². The number of hydrogen-bond acceptors (Lipinski definition) is 4. The highest BCUT2D eigenvalue weighted by molar-refractivity contribution is 7.89. The Kier molecular flexibility index (Phi) is 6.09. The van der Waals surface area contributed by atoms with Crippen molar-refractivity contribution >= 4 is 10.0 Å². The number of piperidine rings is 1. The van der Waals surface area contributed by atoms with Crippen molar-refractivity contribution in [2.45, 2.75) is 50.0 Å². The molecule has 1 aliphatic carbocycles. The van der Waals surface area contributed by atoms with Gasteiger partial charge in [-0.25, -0.2) is 13.1 Å². The Morgan fingerprint density at radius 1 is 1.04 bits per heavy atom. The molecule has 150 valence electrons. The van der Waals surface area contributed by atoms with Gasteiger partial charge in [0.1, 0.15) is 0 Å². The van der Waals surface area contributed by atoms with Gasteiger partial charge < -0.3 is 0 Å². The van der Waals surface area contributed by atoms with E-state index >= 15 is 0 Å². The number of nitrogens with zero attached hydrogens (tertiary/aromatic N) is 2. The Labute approximate surface area is 168 Å². The van der Waals surface area contributed by atoms with Crippen LogP contribution in [-0.4, -0.2) is 37.9 Å². The predicted octanol–water partition coefficient (Wildman–Crippen LogP) is 3.15. The summed E-state index contributed by atoms with van der Waals surface area (Å²) >= 11 is 0. The number of pyridine rings is 1. The second-order valence-corrected chi connectivity index (χ2v) is 9.80. The van der Waals surface area contributed by atoms with Crippen LogP contribution in [0.3, 0.4) is 0 Å². The van der Waals surface area contributed by atoms with Crippen LogP contribution in [0, 0.1) is 5.92 Å². The molecule has 1 aliphatic heterocycles. The first-order valence-corrected chi connectivity index (χ1v) is 11.8. The number of aryl methyl sites for hydroxylation is 2. The SMILES string of the molecule is O=S(=O)(NCC1CCN(Cc2ccccn2)CC1)c1ccc2c(c1)CCCC2. The fourth-order valence-corrected chi connectivity index (χ4v) is 5.42. The van der Waals surface area contributed by atoms with Crippen molar-refractivity contribution < 1.29 is 8.42 Å². The summed E-state index contributed by atoms with van der Waals surface area (Å²) in [5.41, 5.74) is 3.61. The van der Waals surface area contributed by atoms with Gasteiger partial charge in [-0.1, -0.05) is 12.1 Å². The molecule has 1 aromatic carbocycles. The van der Waals surface area contributed by atoms with E-state index in [0.29, 0.717) is 17.4 Å². The Balaban J connectivity index is 1.29. The van der Waals surface area contributed by atoms with E-state index in [-0.39, 0.29) is 0 Å². The molecule has 2 aliphatic rings. The lowest BCUT2D eigenvalue weighted by molar-refractivity contribution is 0.177. The number of benzene rings is 1. The van der Waals surface area contributed by atoms with Gasteiger partial charge in [0.25, 0.3) is 0 Å². The van der Waals surface area contributed by atoms with E-state index in [2.05, 4.69) is 20.7 Å². The number of likely N-dealkylation sites (tertiary alicyclic amines) is 1. The number of nitrogens with one attached hydrogen (secondary N) is 1. The highest BCUT2D eigenvalue weighted by atomic mass is 32.2. The summed E-state index contributed by atoms with van der Waals surface area (Å²) < 4.78 is 28.3. The molecule has 1 fully saturated rings. The molecule has 0 saturated carbocycles. The molecular weight excluding hydrogens is 370 g/mol. The fraction of sp³-hybridized carbons (Fsp3) is 0.500. The standard InChI is InChI=1S/C22H29N3O2S/c26-28(27,22-9-8-19-5-1-2-6-20(19)15-22)24-16-18-10-13-25(14-11-18)17-21-7-3-4-12-23-21/h3-4,7-9,12,15,18,24H,1-2,5-6,10-11,13-14,16-17H2. The maximum Gasteiger partial charge on any atom is 0.240 e. The largest absolute Gasteiger partial charge is 0.297 e. The van der Waals surface area contributed by atoms with Gasteiger partial charge in [-0.2, -0.15) is 0 Å². The molecule has 0 radical (unpaired) electrons. The van der Waals surface area contributed by atoms with Crippen molar-refractivity contribution in [2.75, 3.05) is 19.6 Å². The van der Waals surface area contributed by atoms with E-state index in [9.17, 15) is 8.42 Å². The molecule has 0 spiro atoms. The van der Waals surface area contributed by atoms with Crippen LogP contribution in [0.15, 0.2) is 47.5 Å². The minimum atomic E-state index is -3.43. The van der Waals surface area contributed by atoms with Crippen molar-refractivity contribution in [2.24, 2.45) is 5.92 Å². The third kappa shape index (κ3) is 4.80. The molecule has 1 N–H and O–H groups in total. The molecule has 28 heavy (non-hydrogen) atoms. The monoisotopic (exact) mass is 399 g/mol. The van der Waals surface area contributed by atoms with Gasteiger partial charge in [0.2, 0.25) is 10.0 Å². The summed E-state index contributed by atoms with van der Waals surface area (Å²) in [6.45, 7) is 3.37. The first-order chi connectivity index (χ1) is 13.6. The first kappa shape index (κ1) is 19.6. The number of rotatable bonds is 6. The van der Waals surface area contributed by atoms with Crippen LogP contribution < -0.4 is 4.72 Å². The van der Waals surface area contributed by atoms with Crippen LogP contribution in [-0.2, 0) is 29.4 Å². The summed E-state index contributed by atoms with van der Waals surface area (Å²) in [7, 11) is -3.43. The third-order valence-corrected chi connectivity index (χ3v) is 7.43. The Morgan fingerprint density at radius 3 is 2.57 bits per heavy atom. The van der Waals surface area contributed by atoms with E-state index < -0.39 is 10.0 Å². The molecule has 0 unspecified atom stereocenters. The van der Waals surface area contributed by atoms with E-state index in [1.54, 1.807) is 6.07 Å². The van der Waals surface area contributed by atoms with E-state index in [1.807, 2.05) is 30.5 Å². The lowest BCUT2D eigenvalue weighted by Crippen LogP contribution is -2.38. The molecule has 5 nitrogen and oxygen atoms in total. The normalized spacial score (nSPS) is 18.7. The van der Waals surface area contributed by atoms with Gasteiger partial charge in [-0.15, -0.1) is 0 Å². The fourth-order valence-electron chi connectivity index (χ4n) is 4.26. The van der Waals surface area contributed by atoms with E-state index in [1.165, 1.54) is 17.5 Å². The van der Waals surface area contributed by atoms with Crippen molar-refractivity contribution in [1.29, 1.82) is 0 Å². The second-order valence-electron chi connectivity index (χ2n) is 8.03. The van der Waals surface area contributed by atoms with Gasteiger partial charge >= 0.3 is 0 Å². The van der Waals surface area contributed by atoms with Crippen molar-refractivity contribution in [3.8, 4) is 0 Å². The maximum absolute atomic E-state index is 12.7. The smallest absolute Gasteiger partial charge is 0.240 e. The molecule has 0 bridgehead atoms. The molecular formula is C22H29N3O2S. The molecule has 0 amide bonds. The number of hydrogen-bond donors (Lipinski definition) is 1. The van der Waals surface area contributed by atoms with Crippen LogP contribution in [0.2, 0.25) is 0 Å². The van der Waals surface area contributed by atoms with Gasteiger partial charge in [0.15, 0.2) is 0 Å². The van der Waals surface area contributed by atoms with Crippen molar-refractivity contribution in [3.05, 3.63) is 59.4 Å². The number of fused-ring (bicyclic) bond motifs is 1. The van der Waals surface area contributed by atoms with Gasteiger partial charge in [0.05, 0.1) is 10.6 Å². The maximum atomic E-state index is 12.7. The lowest BCUT2D eigenvalue weighted by atomic mass is 9.92. The average molecular weight is 400 g/mol. The minimum Gasteiger partial charge on any atom is -0.297 e. The van der Waals surface area contributed by atoms with Crippen LogP contribution in [0.5, 0.6) is 0 Å². The molecule has 1 saturated heterocycles. The summed E-state index contributed by atoms with van der Waals surface area (Å²) in [4.78, 5) is 7.21. The highest BCUT2D eigenvalue weighted by Gasteiger charge is 2.23. The Morgan fingerprint density at radius 2 is 1.82 bits per heavy atom. The topological polar surface area (TPSA) is 62.3 Å². The van der Waals surface area contributed by atoms with Gasteiger partial charge in [0, 0.05) is 19.3 Å². The van der Waals surface area contributed by atoms with E-state index in [0.717, 1.165) is 57.4 Å². The molecule has 1 aromatic heterocycles. The van der Waals surface area contributed by atoms with Crippen LogP contribution >= 0.6 is 0 Å². The van der Waals surface area contributed by atoms with Crippen LogP contribution in [0.4, 0.5) is 0 Å². The minimum absolute atomic E-state index is 0.396. The number of sulfonamides is 1. The van der Waals surface area contributed by atoms with Crippen LogP contribution in [0.1, 0.15) is 42.5 Å². The molecule has 6 heteroatoms. The summed E-state index contributed by atoms with van der Waals surface area (Å²) in [5, 5.41) is 0. The molecule has 2 heterocycles. The zero-order valence-corrected chi connectivity index (χ0v) is 17.1. The zero-order valence-electron chi connectivity index (χ0n) is 16.3. The highest BCUT2D eigenvalue weighted by Crippen LogP contribution is 2.24.